The Morgan fingerprint density at radius 1 is 1.32 bits per heavy atom. The van der Waals surface area contributed by atoms with E-state index < -0.39 is 0 Å². The number of nitrogens with zero attached hydrogens (tertiary/aromatic N) is 2. The van der Waals surface area contributed by atoms with Crippen LogP contribution in [0.1, 0.15) is 51.0 Å². The number of nitrogens with one attached hydrogen (secondary N) is 2. The highest BCUT2D eigenvalue weighted by Gasteiger charge is 2.16. The summed E-state index contributed by atoms with van der Waals surface area (Å²) in [5, 5.41) is 6.59. The zero-order valence-corrected chi connectivity index (χ0v) is 13.8. The summed E-state index contributed by atoms with van der Waals surface area (Å²) in [5.74, 6) is 1.57. The van der Waals surface area contributed by atoms with Gasteiger partial charge in [-0.1, -0.05) is 19.4 Å². The molecule has 0 aliphatic heterocycles. The van der Waals surface area contributed by atoms with Gasteiger partial charge in [-0.25, -0.2) is 4.98 Å². The first kappa shape index (κ1) is 16.6. The SMILES string of the molecule is CCCCNC(=NC)NCc1ccc(OC2CCCC2)nc1. The smallest absolute Gasteiger partial charge is 0.213 e. The zero-order chi connectivity index (χ0) is 15.6. The van der Waals surface area contributed by atoms with Crippen LogP contribution in [0.25, 0.3) is 0 Å². The fourth-order valence-corrected chi connectivity index (χ4v) is 2.55. The molecule has 0 atom stereocenters. The third-order valence-corrected chi connectivity index (χ3v) is 3.89. The molecule has 1 aromatic heterocycles. The van der Waals surface area contributed by atoms with Crippen molar-refractivity contribution in [1.82, 2.24) is 15.6 Å². The van der Waals surface area contributed by atoms with Gasteiger partial charge in [-0.05, 0) is 37.7 Å². The molecular weight excluding hydrogens is 276 g/mol. The lowest BCUT2D eigenvalue weighted by atomic mass is 10.3. The number of rotatable bonds is 7. The molecule has 0 radical (unpaired) electrons. The van der Waals surface area contributed by atoms with E-state index in [1.165, 1.54) is 19.3 Å². The Hall–Kier alpha value is -1.78. The molecule has 2 rings (SSSR count). The summed E-state index contributed by atoms with van der Waals surface area (Å²) in [5.41, 5.74) is 1.12. The quantitative estimate of drug-likeness (QED) is 0.462. The topological polar surface area (TPSA) is 58.5 Å². The molecule has 0 unspecified atom stereocenters. The molecule has 2 N–H and O–H groups in total. The van der Waals surface area contributed by atoms with Gasteiger partial charge in [0.05, 0.1) is 0 Å². The van der Waals surface area contributed by atoms with Crippen LogP contribution in [-0.2, 0) is 6.54 Å². The summed E-state index contributed by atoms with van der Waals surface area (Å²) in [6, 6.07) is 4.02. The Balaban J connectivity index is 1.75. The first-order valence-electron chi connectivity index (χ1n) is 8.38. The molecule has 1 fully saturated rings. The van der Waals surface area contributed by atoms with E-state index in [1.807, 2.05) is 12.3 Å². The van der Waals surface area contributed by atoms with Gasteiger partial charge in [0, 0.05) is 32.4 Å². The number of unbranched alkanes of at least 4 members (excludes halogenated alkanes) is 1. The standard InChI is InChI=1S/C17H28N4O/c1-3-4-11-19-17(18-2)21-13-14-9-10-16(20-12-14)22-15-7-5-6-8-15/h9-10,12,15H,3-8,11,13H2,1-2H3,(H2,18,19,21). The average Bonchev–Trinajstić information content (AvgIpc) is 3.05. The number of hydrogen-bond donors (Lipinski definition) is 2. The van der Waals surface area contributed by atoms with Crippen molar-refractivity contribution in [3.05, 3.63) is 23.9 Å². The Kier molecular flexibility index (Phi) is 7.00. The number of pyridine rings is 1. The summed E-state index contributed by atoms with van der Waals surface area (Å²) < 4.78 is 5.87. The summed E-state index contributed by atoms with van der Waals surface area (Å²) in [6.07, 6.45) is 9.42. The first-order chi connectivity index (χ1) is 10.8. The predicted molar refractivity (Wildman–Crippen MR) is 90.2 cm³/mol. The van der Waals surface area contributed by atoms with E-state index in [0.717, 1.165) is 43.2 Å². The van der Waals surface area contributed by atoms with Crippen molar-refractivity contribution in [2.24, 2.45) is 4.99 Å². The molecule has 1 heterocycles. The molecule has 0 aromatic carbocycles. The van der Waals surface area contributed by atoms with Gasteiger partial charge in [0.25, 0.3) is 0 Å². The molecular formula is C17H28N4O. The van der Waals surface area contributed by atoms with Gasteiger partial charge in [-0.2, -0.15) is 0 Å². The van der Waals surface area contributed by atoms with Crippen molar-refractivity contribution in [3.63, 3.8) is 0 Å². The molecule has 1 saturated carbocycles. The van der Waals surface area contributed by atoms with Gasteiger partial charge in [-0.15, -0.1) is 0 Å². The largest absolute Gasteiger partial charge is 0.474 e. The van der Waals surface area contributed by atoms with Gasteiger partial charge in [0.15, 0.2) is 5.96 Å². The minimum atomic E-state index is 0.359. The number of guanidine groups is 1. The van der Waals surface area contributed by atoms with E-state index in [1.54, 1.807) is 7.05 Å². The normalized spacial score (nSPS) is 15.8. The number of aliphatic imine (C=N–C) groups is 1. The molecule has 0 amide bonds. The zero-order valence-electron chi connectivity index (χ0n) is 13.8. The second kappa shape index (κ2) is 9.28. The van der Waals surface area contributed by atoms with Crippen molar-refractivity contribution in [2.45, 2.75) is 58.1 Å². The average molecular weight is 304 g/mol. The third kappa shape index (κ3) is 5.54. The summed E-state index contributed by atoms with van der Waals surface area (Å²) in [7, 11) is 1.79. The molecule has 1 aliphatic rings. The van der Waals surface area contributed by atoms with E-state index in [-0.39, 0.29) is 0 Å². The van der Waals surface area contributed by atoms with Gasteiger partial charge in [-0.3, -0.25) is 4.99 Å². The van der Waals surface area contributed by atoms with Crippen LogP contribution in [0.3, 0.4) is 0 Å². The minimum Gasteiger partial charge on any atom is -0.474 e. The number of aromatic nitrogens is 1. The fraction of sp³-hybridized carbons (Fsp3) is 0.647. The molecule has 5 nitrogen and oxygen atoms in total. The summed E-state index contributed by atoms with van der Waals surface area (Å²) >= 11 is 0. The Bertz CT molecular complexity index is 452. The maximum Gasteiger partial charge on any atom is 0.213 e. The Morgan fingerprint density at radius 2 is 2.14 bits per heavy atom. The molecule has 122 valence electrons. The highest BCUT2D eigenvalue weighted by molar-refractivity contribution is 5.79. The molecule has 22 heavy (non-hydrogen) atoms. The van der Waals surface area contributed by atoms with Gasteiger partial charge in [0.1, 0.15) is 6.10 Å². The van der Waals surface area contributed by atoms with Crippen molar-refractivity contribution in [1.29, 1.82) is 0 Å². The van der Waals surface area contributed by atoms with Crippen molar-refractivity contribution in [2.75, 3.05) is 13.6 Å². The lowest BCUT2D eigenvalue weighted by molar-refractivity contribution is 0.201. The van der Waals surface area contributed by atoms with Crippen molar-refractivity contribution >= 4 is 5.96 Å². The van der Waals surface area contributed by atoms with Crippen LogP contribution in [0.2, 0.25) is 0 Å². The van der Waals surface area contributed by atoms with Crippen molar-refractivity contribution < 1.29 is 4.74 Å². The second-order valence-corrected chi connectivity index (χ2v) is 5.74. The van der Waals surface area contributed by atoms with E-state index in [0.29, 0.717) is 12.6 Å². The van der Waals surface area contributed by atoms with E-state index in [4.69, 9.17) is 4.74 Å². The van der Waals surface area contributed by atoms with Crippen LogP contribution in [0.15, 0.2) is 23.3 Å². The van der Waals surface area contributed by atoms with Crippen LogP contribution < -0.4 is 15.4 Å². The minimum absolute atomic E-state index is 0.359. The maximum absolute atomic E-state index is 5.87. The Labute approximate surface area is 133 Å². The molecule has 0 saturated heterocycles. The lowest BCUT2D eigenvalue weighted by Gasteiger charge is -2.13. The monoisotopic (exact) mass is 304 g/mol. The third-order valence-electron chi connectivity index (χ3n) is 3.89. The van der Waals surface area contributed by atoms with Gasteiger partial charge < -0.3 is 15.4 Å². The van der Waals surface area contributed by atoms with Crippen LogP contribution in [0, 0.1) is 0 Å². The molecule has 1 aliphatic carbocycles. The summed E-state index contributed by atoms with van der Waals surface area (Å²) in [4.78, 5) is 8.61. The first-order valence-corrected chi connectivity index (χ1v) is 8.38. The van der Waals surface area contributed by atoms with E-state index in [9.17, 15) is 0 Å². The maximum atomic E-state index is 5.87. The number of ether oxygens (including phenoxy) is 1. The number of hydrogen-bond acceptors (Lipinski definition) is 3. The molecule has 0 bridgehead atoms. The second-order valence-electron chi connectivity index (χ2n) is 5.74. The molecule has 5 heteroatoms. The predicted octanol–water partition coefficient (Wildman–Crippen LogP) is 2.87. The molecule has 0 spiro atoms. The van der Waals surface area contributed by atoms with Crippen LogP contribution in [0.4, 0.5) is 0 Å². The van der Waals surface area contributed by atoms with E-state index >= 15 is 0 Å². The highest BCUT2D eigenvalue weighted by Crippen LogP contribution is 2.22. The fourth-order valence-electron chi connectivity index (χ4n) is 2.55. The highest BCUT2D eigenvalue weighted by atomic mass is 16.5. The van der Waals surface area contributed by atoms with E-state index in [2.05, 4.69) is 33.6 Å². The van der Waals surface area contributed by atoms with Crippen molar-refractivity contribution in [3.8, 4) is 5.88 Å². The lowest BCUT2D eigenvalue weighted by Crippen LogP contribution is -2.37. The summed E-state index contributed by atoms with van der Waals surface area (Å²) in [6.45, 7) is 3.84. The van der Waals surface area contributed by atoms with Gasteiger partial charge in [0.2, 0.25) is 5.88 Å². The Morgan fingerprint density at radius 3 is 2.77 bits per heavy atom. The van der Waals surface area contributed by atoms with Crippen LogP contribution >= 0.6 is 0 Å². The van der Waals surface area contributed by atoms with Gasteiger partial charge >= 0.3 is 0 Å². The van der Waals surface area contributed by atoms with Crippen LogP contribution in [0.5, 0.6) is 5.88 Å². The molecule has 1 aromatic rings. The van der Waals surface area contributed by atoms with Crippen LogP contribution in [-0.4, -0.2) is 30.6 Å².